The molecule has 20 heavy (non-hydrogen) atoms. The Hall–Kier alpha value is -2.00. The van der Waals surface area contributed by atoms with E-state index in [4.69, 9.17) is 21.3 Å². The molecule has 0 radical (unpaired) electrons. The smallest absolute Gasteiger partial charge is 0.240 e. The van der Waals surface area contributed by atoms with E-state index in [1.165, 1.54) is 17.6 Å². The van der Waals surface area contributed by atoms with Gasteiger partial charge in [-0.3, -0.25) is 0 Å². The molecule has 9 heteroatoms. The first-order chi connectivity index (χ1) is 9.42. The standard InChI is InChI=1S/C11H15FN6O2/c1-11(12)2-5(4-19)20-7(11)6-3-15-9-8(13)16-10(14)17-18(6)9/h3,5,7,19H,2,4H2,1H3,(H4,13,14,16,17)/t5-,7-,11+/m0/s1. The molecule has 5 N–H and O–H groups in total. The third-order valence-corrected chi connectivity index (χ3v) is 3.41. The molecule has 0 unspecified atom stereocenters. The van der Waals surface area contributed by atoms with E-state index in [0.29, 0.717) is 11.3 Å². The molecule has 2 aromatic heterocycles. The van der Waals surface area contributed by atoms with Crippen LogP contribution in [0.4, 0.5) is 16.2 Å². The highest BCUT2D eigenvalue weighted by molar-refractivity contribution is 5.60. The molecule has 0 aliphatic carbocycles. The Morgan fingerprint density at radius 3 is 3.00 bits per heavy atom. The number of fused-ring (bicyclic) bond motifs is 1. The summed E-state index contributed by atoms with van der Waals surface area (Å²) in [6.45, 7) is 1.17. The number of rotatable bonds is 2. The van der Waals surface area contributed by atoms with Crippen molar-refractivity contribution in [3.63, 3.8) is 0 Å². The molecule has 1 fully saturated rings. The van der Waals surface area contributed by atoms with E-state index in [1.807, 2.05) is 0 Å². The van der Waals surface area contributed by atoms with Gasteiger partial charge in [-0.25, -0.2) is 13.9 Å². The minimum atomic E-state index is -1.64. The van der Waals surface area contributed by atoms with Crippen molar-refractivity contribution in [2.75, 3.05) is 18.1 Å². The molecular formula is C11H15FN6O2. The van der Waals surface area contributed by atoms with Gasteiger partial charge in [-0.15, -0.1) is 5.10 Å². The number of aromatic nitrogens is 4. The molecule has 1 aliphatic heterocycles. The van der Waals surface area contributed by atoms with Crippen LogP contribution >= 0.6 is 0 Å². The monoisotopic (exact) mass is 282 g/mol. The van der Waals surface area contributed by atoms with E-state index in [0.717, 1.165) is 0 Å². The topological polar surface area (TPSA) is 125 Å². The Kier molecular flexibility index (Phi) is 2.76. The summed E-state index contributed by atoms with van der Waals surface area (Å²) in [4.78, 5) is 7.86. The Labute approximate surface area is 113 Å². The summed E-state index contributed by atoms with van der Waals surface area (Å²) in [6, 6.07) is 0. The van der Waals surface area contributed by atoms with Gasteiger partial charge in [0, 0.05) is 6.42 Å². The normalized spacial score (nSPS) is 30.1. The van der Waals surface area contributed by atoms with E-state index in [1.54, 1.807) is 0 Å². The number of anilines is 2. The van der Waals surface area contributed by atoms with Crippen LogP contribution in [0.3, 0.4) is 0 Å². The molecular weight excluding hydrogens is 267 g/mol. The number of hydrogen-bond donors (Lipinski definition) is 3. The van der Waals surface area contributed by atoms with Crippen LogP contribution in [-0.4, -0.2) is 43.1 Å². The number of nitrogens with zero attached hydrogens (tertiary/aromatic N) is 4. The van der Waals surface area contributed by atoms with Gasteiger partial charge in [0.2, 0.25) is 5.95 Å². The van der Waals surface area contributed by atoms with Crippen LogP contribution < -0.4 is 11.5 Å². The van der Waals surface area contributed by atoms with E-state index in [-0.39, 0.29) is 24.8 Å². The van der Waals surface area contributed by atoms with E-state index >= 15 is 0 Å². The lowest BCUT2D eigenvalue weighted by Gasteiger charge is -2.20. The second-order valence-electron chi connectivity index (χ2n) is 5.08. The van der Waals surface area contributed by atoms with Gasteiger partial charge in [-0.05, 0) is 6.92 Å². The Bertz CT molecular complexity index is 658. The minimum absolute atomic E-state index is 0.0356. The van der Waals surface area contributed by atoms with Crippen LogP contribution in [0.15, 0.2) is 6.20 Å². The van der Waals surface area contributed by atoms with Crippen LogP contribution in [0, 0.1) is 0 Å². The van der Waals surface area contributed by atoms with Gasteiger partial charge in [-0.1, -0.05) is 0 Å². The first-order valence-corrected chi connectivity index (χ1v) is 6.14. The molecule has 3 atom stereocenters. The summed E-state index contributed by atoms with van der Waals surface area (Å²) < 4.78 is 21.5. The molecule has 3 heterocycles. The lowest BCUT2D eigenvalue weighted by Crippen LogP contribution is -2.24. The summed E-state index contributed by atoms with van der Waals surface area (Å²) >= 11 is 0. The maximum absolute atomic E-state index is 14.6. The average Bonchev–Trinajstić information content (AvgIpc) is 2.89. The van der Waals surface area contributed by atoms with Gasteiger partial charge >= 0.3 is 0 Å². The van der Waals surface area contributed by atoms with Gasteiger partial charge in [0.15, 0.2) is 11.5 Å². The number of alkyl halides is 1. The Morgan fingerprint density at radius 1 is 1.60 bits per heavy atom. The fourth-order valence-electron chi connectivity index (χ4n) is 2.54. The molecule has 3 rings (SSSR count). The molecule has 108 valence electrons. The lowest BCUT2D eigenvalue weighted by atomic mass is 9.96. The van der Waals surface area contributed by atoms with Gasteiger partial charge in [0.25, 0.3) is 0 Å². The summed E-state index contributed by atoms with van der Waals surface area (Å²) in [5.41, 5.74) is 10.3. The molecule has 0 aromatic carbocycles. The van der Waals surface area contributed by atoms with Gasteiger partial charge in [0.1, 0.15) is 11.8 Å². The molecule has 8 nitrogen and oxygen atoms in total. The quantitative estimate of drug-likeness (QED) is 0.698. The van der Waals surface area contributed by atoms with Crippen molar-refractivity contribution in [1.29, 1.82) is 0 Å². The third kappa shape index (κ3) is 1.86. The number of imidazole rings is 1. The van der Waals surface area contributed by atoms with Crippen LogP contribution in [0.2, 0.25) is 0 Å². The predicted molar refractivity (Wildman–Crippen MR) is 68.4 cm³/mol. The predicted octanol–water partition coefficient (Wildman–Crippen LogP) is -0.161. The maximum atomic E-state index is 14.6. The maximum Gasteiger partial charge on any atom is 0.240 e. The van der Waals surface area contributed by atoms with Crippen molar-refractivity contribution in [3.8, 4) is 0 Å². The number of nitrogens with two attached hydrogens (primary N) is 2. The lowest BCUT2D eigenvalue weighted by molar-refractivity contribution is -0.0195. The first-order valence-electron chi connectivity index (χ1n) is 6.14. The molecule has 1 saturated heterocycles. The highest BCUT2D eigenvalue weighted by atomic mass is 19.1. The van der Waals surface area contributed by atoms with Crippen molar-refractivity contribution in [3.05, 3.63) is 11.9 Å². The number of aliphatic hydroxyl groups excluding tert-OH is 1. The summed E-state index contributed by atoms with van der Waals surface area (Å²) in [5.74, 6) is 0.0764. The average molecular weight is 282 g/mol. The van der Waals surface area contributed by atoms with Gasteiger partial charge < -0.3 is 21.3 Å². The molecule has 1 aliphatic rings. The number of ether oxygens (including phenoxy) is 1. The molecule has 0 saturated carbocycles. The third-order valence-electron chi connectivity index (χ3n) is 3.41. The van der Waals surface area contributed by atoms with Crippen molar-refractivity contribution in [1.82, 2.24) is 19.6 Å². The number of nitrogen functional groups attached to an aromatic ring is 2. The van der Waals surface area contributed by atoms with Gasteiger partial charge in [-0.2, -0.15) is 4.98 Å². The van der Waals surface area contributed by atoms with Crippen molar-refractivity contribution >= 4 is 17.4 Å². The zero-order valence-corrected chi connectivity index (χ0v) is 10.8. The van der Waals surface area contributed by atoms with Crippen molar-refractivity contribution in [2.45, 2.75) is 31.2 Å². The fourth-order valence-corrected chi connectivity index (χ4v) is 2.54. The highest BCUT2D eigenvalue weighted by Crippen LogP contribution is 2.44. The van der Waals surface area contributed by atoms with Crippen molar-refractivity contribution < 1.29 is 14.2 Å². The van der Waals surface area contributed by atoms with E-state index < -0.39 is 17.9 Å². The molecule has 0 spiro atoms. The van der Waals surface area contributed by atoms with E-state index in [2.05, 4.69) is 15.1 Å². The van der Waals surface area contributed by atoms with Crippen LogP contribution in [-0.2, 0) is 4.74 Å². The van der Waals surface area contributed by atoms with E-state index in [9.17, 15) is 4.39 Å². The zero-order valence-electron chi connectivity index (χ0n) is 10.8. The summed E-state index contributed by atoms with van der Waals surface area (Å²) in [7, 11) is 0. The summed E-state index contributed by atoms with van der Waals surface area (Å²) in [5, 5.41) is 13.1. The highest BCUT2D eigenvalue weighted by Gasteiger charge is 2.47. The Balaban J connectivity index is 2.11. The molecule has 0 amide bonds. The molecule has 0 bridgehead atoms. The van der Waals surface area contributed by atoms with Crippen molar-refractivity contribution in [2.24, 2.45) is 0 Å². The Morgan fingerprint density at radius 2 is 2.35 bits per heavy atom. The number of halogens is 1. The largest absolute Gasteiger partial charge is 0.394 e. The van der Waals surface area contributed by atoms with Crippen LogP contribution in [0.1, 0.15) is 25.1 Å². The first kappa shape index (κ1) is 13.0. The van der Waals surface area contributed by atoms with Crippen LogP contribution in [0.5, 0.6) is 0 Å². The molecule has 2 aromatic rings. The minimum Gasteiger partial charge on any atom is -0.394 e. The second-order valence-corrected chi connectivity index (χ2v) is 5.08. The summed E-state index contributed by atoms with van der Waals surface area (Å²) in [6.07, 6.45) is 0.0694. The van der Waals surface area contributed by atoms with Gasteiger partial charge in [0.05, 0.1) is 24.6 Å². The fraction of sp³-hybridized carbons (Fsp3) is 0.545. The zero-order chi connectivity index (χ0) is 14.5. The number of hydrogen-bond acceptors (Lipinski definition) is 7. The SMILES string of the molecule is C[C@@]1(F)C[C@@H](CO)O[C@H]1c1cnc2c(N)nc(N)nn12. The second kappa shape index (κ2) is 4.25. The number of aliphatic hydroxyl groups is 1. The van der Waals surface area contributed by atoms with Crippen LogP contribution in [0.25, 0.3) is 5.65 Å².